The molecule has 2 aliphatic rings. The number of rotatable bonds is 8. The van der Waals surface area contributed by atoms with Gasteiger partial charge >= 0.3 is 0 Å². The van der Waals surface area contributed by atoms with E-state index in [0.29, 0.717) is 22.5 Å². The standard InChI is InChI=1S/C28H30F2N6O8S/c29-15-5-1-13(2-6-15)17-9-35(33-31-17)21-23(39)19(11-37)43-27(25(21)41)45-28-26(42)22(24(40)20(12-38)44-28)36-10-18(32-34-36)14-3-7-16(30)8-4-14/h1-10,19-28,37-42H,11-12H2/t19-,20-,21+,22+,23+,24+,25-,26-,27?,28?/m1/s1. The fourth-order valence-corrected chi connectivity index (χ4v) is 6.79. The molecule has 0 saturated carbocycles. The summed E-state index contributed by atoms with van der Waals surface area (Å²) in [5, 5.41) is 80.9. The minimum Gasteiger partial charge on any atom is -0.394 e. The lowest BCUT2D eigenvalue weighted by atomic mass is 9.97. The third-order valence-corrected chi connectivity index (χ3v) is 9.19. The van der Waals surface area contributed by atoms with E-state index in [-0.39, 0.29) is 0 Å². The van der Waals surface area contributed by atoms with Crippen molar-refractivity contribution in [3.63, 3.8) is 0 Å². The lowest BCUT2D eigenvalue weighted by Gasteiger charge is -2.46. The lowest BCUT2D eigenvalue weighted by Crippen LogP contribution is -2.58. The molecule has 0 spiro atoms. The van der Waals surface area contributed by atoms with Crippen molar-refractivity contribution in [2.75, 3.05) is 13.2 Å². The van der Waals surface area contributed by atoms with E-state index in [0.717, 1.165) is 11.8 Å². The number of halogens is 2. The molecule has 2 fully saturated rings. The first kappa shape index (κ1) is 31.6. The molecule has 6 rings (SSSR count). The number of aliphatic hydroxyl groups is 6. The quantitative estimate of drug-likeness (QED) is 0.148. The minimum atomic E-state index is -1.49. The normalized spacial score (nSPS) is 32.1. The average molecular weight is 649 g/mol. The Balaban J connectivity index is 1.24. The van der Waals surface area contributed by atoms with Gasteiger partial charge in [0.05, 0.1) is 25.6 Å². The molecule has 2 aromatic carbocycles. The van der Waals surface area contributed by atoms with Gasteiger partial charge in [-0.15, -0.1) is 10.2 Å². The van der Waals surface area contributed by atoms with Crippen molar-refractivity contribution in [1.29, 1.82) is 0 Å². The van der Waals surface area contributed by atoms with Gasteiger partial charge in [-0.2, -0.15) is 0 Å². The van der Waals surface area contributed by atoms with E-state index < -0.39 is 84.4 Å². The second-order valence-corrected chi connectivity index (χ2v) is 11.9. The molecule has 0 aliphatic carbocycles. The second-order valence-electron chi connectivity index (χ2n) is 10.7. The van der Waals surface area contributed by atoms with Gasteiger partial charge in [0.2, 0.25) is 0 Å². The highest BCUT2D eigenvalue weighted by atomic mass is 32.2. The number of nitrogens with zero attached hydrogens (tertiary/aromatic N) is 6. The van der Waals surface area contributed by atoms with Crippen molar-refractivity contribution in [3.05, 3.63) is 72.6 Å². The molecule has 2 aliphatic heterocycles. The Morgan fingerprint density at radius 3 is 1.36 bits per heavy atom. The van der Waals surface area contributed by atoms with Gasteiger partial charge in [0.1, 0.15) is 82.6 Å². The Kier molecular flexibility index (Phi) is 9.23. The zero-order valence-electron chi connectivity index (χ0n) is 23.3. The van der Waals surface area contributed by atoms with Gasteiger partial charge in [-0.3, -0.25) is 0 Å². The molecule has 240 valence electrons. The smallest absolute Gasteiger partial charge is 0.134 e. The molecule has 2 unspecified atom stereocenters. The van der Waals surface area contributed by atoms with Crippen molar-refractivity contribution in [3.8, 4) is 22.5 Å². The van der Waals surface area contributed by atoms with Crippen molar-refractivity contribution in [1.82, 2.24) is 30.0 Å². The van der Waals surface area contributed by atoms with Crippen LogP contribution in [-0.2, 0) is 9.47 Å². The van der Waals surface area contributed by atoms with Gasteiger partial charge in [-0.05, 0) is 48.5 Å². The van der Waals surface area contributed by atoms with Crippen LogP contribution >= 0.6 is 11.8 Å². The Morgan fingerprint density at radius 1 is 0.622 bits per heavy atom. The fourth-order valence-electron chi connectivity index (χ4n) is 5.47. The zero-order chi connectivity index (χ0) is 31.8. The van der Waals surface area contributed by atoms with Gasteiger partial charge in [0.15, 0.2) is 0 Å². The molecular weight excluding hydrogens is 618 g/mol. The average Bonchev–Trinajstić information content (AvgIpc) is 3.72. The number of aromatic nitrogens is 6. The van der Waals surface area contributed by atoms with Gasteiger partial charge in [-0.1, -0.05) is 22.2 Å². The summed E-state index contributed by atoms with van der Waals surface area (Å²) in [5.41, 5.74) is -0.669. The number of thioether (sulfide) groups is 1. The summed E-state index contributed by atoms with van der Waals surface area (Å²) in [6, 6.07) is 8.67. The molecule has 17 heteroatoms. The first-order chi connectivity index (χ1) is 21.7. The molecule has 2 aromatic heterocycles. The molecule has 45 heavy (non-hydrogen) atoms. The van der Waals surface area contributed by atoms with Crippen molar-refractivity contribution < 1.29 is 48.9 Å². The van der Waals surface area contributed by atoms with E-state index in [2.05, 4.69) is 20.6 Å². The molecule has 6 N–H and O–H groups in total. The summed E-state index contributed by atoms with van der Waals surface area (Å²) < 4.78 is 40.8. The van der Waals surface area contributed by atoms with Crippen molar-refractivity contribution in [2.45, 2.75) is 59.6 Å². The van der Waals surface area contributed by atoms with Gasteiger partial charge in [0, 0.05) is 11.1 Å². The molecule has 4 heterocycles. The Hall–Kier alpha value is -3.39. The van der Waals surface area contributed by atoms with E-state index >= 15 is 0 Å². The molecule has 0 amide bonds. The zero-order valence-corrected chi connectivity index (χ0v) is 24.1. The van der Waals surface area contributed by atoms with Crippen LogP contribution < -0.4 is 0 Å². The summed E-state index contributed by atoms with van der Waals surface area (Å²) in [7, 11) is 0. The van der Waals surface area contributed by atoms with Crippen LogP contribution in [0.15, 0.2) is 60.9 Å². The molecular formula is C28H30F2N6O8S. The van der Waals surface area contributed by atoms with Crippen LogP contribution in [0.3, 0.4) is 0 Å². The first-order valence-corrected chi connectivity index (χ1v) is 14.9. The predicted molar refractivity (Wildman–Crippen MR) is 152 cm³/mol. The minimum absolute atomic E-state index is 0.340. The lowest BCUT2D eigenvalue weighted by molar-refractivity contribution is -0.189. The Bertz CT molecular complexity index is 1460. The third-order valence-electron chi connectivity index (χ3n) is 7.88. The van der Waals surface area contributed by atoms with E-state index in [1.165, 1.54) is 70.3 Å². The SMILES string of the molecule is OC[C@H]1OC(SC2O[C@H](CO)[C@H](O)[C@H](n3cc(-c4ccc(F)cc4)nn3)[C@H]2O)[C@H](O)[C@@H](n2cc(-c3ccc(F)cc3)nn2)[C@H]1O. The van der Waals surface area contributed by atoms with Crippen LogP contribution in [0, 0.1) is 11.6 Å². The van der Waals surface area contributed by atoms with Crippen LogP contribution in [0.5, 0.6) is 0 Å². The van der Waals surface area contributed by atoms with E-state index in [9.17, 15) is 39.4 Å². The number of hydrogen-bond donors (Lipinski definition) is 6. The molecule has 14 nitrogen and oxygen atoms in total. The molecule has 10 atom stereocenters. The molecule has 0 bridgehead atoms. The summed E-state index contributed by atoms with van der Waals surface area (Å²) in [6.45, 7) is -1.25. The van der Waals surface area contributed by atoms with Crippen molar-refractivity contribution in [2.24, 2.45) is 0 Å². The third kappa shape index (κ3) is 6.23. The second kappa shape index (κ2) is 13.1. The Morgan fingerprint density at radius 2 is 1.00 bits per heavy atom. The molecule has 4 aromatic rings. The molecule has 0 radical (unpaired) electrons. The largest absolute Gasteiger partial charge is 0.394 e. The maximum absolute atomic E-state index is 13.4. The van der Waals surface area contributed by atoms with Crippen LogP contribution in [-0.4, -0.2) is 121 Å². The van der Waals surface area contributed by atoms with Crippen molar-refractivity contribution >= 4 is 11.8 Å². The topological polar surface area (TPSA) is 201 Å². The van der Waals surface area contributed by atoms with E-state index in [1.54, 1.807) is 0 Å². The Labute approximate surface area is 258 Å². The van der Waals surface area contributed by atoms with Gasteiger partial charge < -0.3 is 40.1 Å². The van der Waals surface area contributed by atoms with Crippen LogP contribution in [0.4, 0.5) is 8.78 Å². The number of benzene rings is 2. The monoisotopic (exact) mass is 648 g/mol. The summed E-state index contributed by atoms with van der Waals surface area (Å²) in [4.78, 5) is 0. The number of aliphatic hydroxyl groups excluding tert-OH is 6. The van der Waals surface area contributed by atoms with Crippen LogP contribution in [0.1, 0.15) is 12.1 Å². The van der Waals surface area contributed by atoms with Crippen LogP contribution in [0.2, 0.25) is 0 Å². The first-order valence-electron chi connectivity index (χ1n) is 13.9. The maximum Gasteiger partial charge on any atom is 0.134 e. The highest BCUT2D eigenvalue weighted by molar-refractivity contribution is 8.00. The number of hydrogen-bond acceptors (Lipinski definition) is 13. The maximum atomic E-state index is 13.4. The van der Waals surface area contributed by atoms with Gasteiger partial charge in [0.25, 0.3) is 0 Å². The summed E-state index contributed by atoms with van der Waals surface area (Å²) in [6.07, 6.45) is -5.29. The fraction of sp³-hybridized carbons (Fsp3) is 0.429. The van der Waals surface area contributed by atoms with Gasteiger partial charge in [-0.25, -0.2) is 18.1 Å². The highest BCUT2D eigenvalue weighted by Crippen LogP contribution is 2.42. The van der Waals surface area contributed by atoms with E-state index in [4.69, 9.17) is 9.47 Å². The summed E-state index contributed by atoms with van der Waals surface area (Å²) in [5.74, 6) is -0.871. The van der Waals surface area contributed by atoms with E-state index in [1.807, 2.05) is 0 Å². The predicted octanol–water partition coefficient (Wildman–Crippen LogP) is -0.125. The summed E-state index contributed by atoms with van der Waals surface area (Å²) >= 11 is 0.811. The highest BCUT2D eigenvalue weighted by Gasteiger charge is 2.51. The molecule has 2 saturated heterocycles. The van der Waals surface area contributed by atoms with Crippen LogP contribution in [0.25, 0.3) is 22.5 Å². The number of ether oxygens (including phenoxy) is 2.